The first kappa shape index (κ1) is 19.3. The maximum absolute atomic E-state index is 2.43. The zero-order valence-corrected chi connectivity index (χ0v) is 14.6. The first-order valence-electron chi connectivity index (χ1n) is 6.09. The first-order chi connectivity index (χ1) is 6.88. The summed E-state index contributed by atoms with van der Waals surface area (Å²) in [6.45, 7) is 4.64. The number of halogens is 2. The van der Waals surface area contributed by atoms with Crippen LogP contribution in [0, 0.1) is 0 Å². The predicted molar refractivity (Wildman–Crippen MR) is 75.8 cm³/mol. The maximum Gasteiger partial charge on any atom is -0.147 e. The van der Waals surface area contributed by atoms with Crippen LogP contribution in [0.25, 0.3) is 0 Å². The number of hydrogen-bond donors (Lipinski definition) is 0. The molecule has 0 aromatic carbocycles. The van der Waals surface area contributed by atoms with E-state index >= 15 is 0 Å². The van der Waals surface area contributed by atoms with Crippen molar-refractivity contribution in [1.29, 1.82) is 0 Å². The van der Waals surface area contributed by atoms with Gasteiger partial charge in [-0.2, -0.15) is 0 Å². The molecule has 0 N–H and O–H groups in total. The van der Waals surface area contributed by atoms with Crippen molar-refractivity contribution in [3.63, 3.8) is 0 Å². The van der Waals surface area contributed by atoms with E-state index in [0.717, 1.165) is 0 Å². The van der Waals surface area contributed by atoms with Crippen molar-refractivity contribution in [3.05, 3.63) is 21.5 Å². The average Bonchev–Trinajstić information content (AvgIpc) is 2.71. The minimum atomic E-state index is -1.11. The summed E-state index contributed by atoms with van der Waals surface area (Å²) in [5.41, 5.74) is 0. The van der Waals surface area contributed by atoms with Crippen molar-refractivity contribution in [3.8, 4) is 0 Å². The molecule has 1 aliphatic carbocycles. The van der Waals surface area contributed by atoms with E-state index in [1.54, 1.807) is 8.26 Å². The molecule has 0 heterocycles. The Morgan fingerprint density at radius 1 is 1.06 bits per heavy atom. The van der Waals surface area contributed by atoms with Crippen LogP contribution in [0.3, 0.4) is 0 Å². The molecular formula is C13H25Cl2Zr. The Bertz CT molecular complexity index is 204. The SMILES string of the molecule is CCC[CH2][Zr]([CH2]CCC)[C]1=CC=CC1.Cl.Cl. The molecule has 0 saturated heterocycles. The molecule has 0 radical (unpaired) electrons. The molecule has 0 amide bonds. The fraction of sp³-hybridized carbons (Fsp3) is 0.692. The molecule has 0 aromatic heterocycles. The number of allylic oxidation sites excluding steroid dienone is 4. The Hall–Kier alpha value is 0.943. The Balaban J connectivity index is 0. The van der Waals surface area contributed by atoms with Gasteiger partial charge >= 0.3 is 97.5 Å². The zero-order valence-electron chi connectivity index (χ0n) is 10.5. The number of hydrogen-bond acceptors (Lipinski definition) is 0. The van der Waals surface area contributed by atoms with Crippen LogP contribution in [0.2, 0.25) is 8.26 Å². The molecule has 0 saturated carbocycles. The number of unbranched alkanes of at least 4 members (excludes halogenated alkanes) is 2. The van der Waals surface area contributed by atoms with Crippen LogP contribution >= 0.6 is 24.8 Å². The Morgan fingerprint density at radius 3 is 2.00 bits per heavy atom. The molecule has 0 unspecified atom stereocenters. The molecule has 95 valence electrons. The van der Waals surface area contributed by atoms with E-state index in [1.165, 1.54) is 32.1 Å². The van der Waals surface area contributed by atoms with Gasteiger partial charge < -0.3 is 0 Å². The van der Waals surface area contributed by atoms with Crippen LogP contribution < -0.4 is 0 Å². The molecular weight excluding hydrogens is 318 g/mol. The fourth-order valence-electron chi connectivity index (χ4n) is 1.94. The van der Waals surface area contributed by atoms with Crippen molar-refractivity contribution >= 4 is 24.8 Å². The van der Waals surface area contributed by atoms with Crippen molar-refractivity contribution in [2.75, 3.05) is 0 Å². The van der Waals surface area contributed by atoms with Gasteiger partial charge in [0.1, 0.15) is 0 Å². The van der Waals surface area contributed by atoms with Gasteiger partial charge in [-0.25, -0.2) is 0 Å². The Morgan fingerprint density at radius 2 is 1.62 bits per heavy atom. The summed E-state index contributed by atoms with van der Waals surface area (Å²) < 4.78 is 5.09. The van der Waals surface area contributed by atoms with Gasteiger partial charge in [0, 0.05) is 0 Å². The smallest absolute Gasteiger partial charge is 0.147 e. The zero-order chi connectivity index (χ0) is 10.2. The number of rotatable bonds is 7. The molecule has 0 aliphatic heterocycles. The maximum atomic E-state index is 2.43. The summed E-state index contributed by atoms with van der Waals surface area (Å²) in [7, 11) is 0. The second-order valence-corrected chi connectivity index (χ2v) is 11.1. The molecule has 0 aromatic rings. The van der Waals surface area contributed by atoms with Crippen molar-refractivity contribution < 1.29 is 21.8 Å². The minimum absolute atomic E-state index is 0. The van der Waals surface area contributed by atoms with E-state index in [0.29, 0.717) is 0 Å². The summed E-state index contributed by atoms with van der Waals surface area (Å²) in [6.07, 6.45) is 14.1. The van der Waals surface area contributed by atoms with E-state index < -0.39 is 21.8 Å². The van der Waals surface area contributed by atoms with Gasteiger partial charge in [-0.05, 0) is 0 Å². The molecule has 1 rings (SSSR count). The van der Waals surface area contributed by atoms with Crippen molar-refractivity contribution in [2.45, 2.75) is 54.2 Å². The summed E-state index contributed by atoms with van der Waals surface area (Å²) in [5, 5.41) is 0. The van der Waals surface area contributed by atoms with Crippen LogP contribution in [0.15, 0.2) is 21.5 Å². The third kappa shape index (κ3) is 7.30. The monoisotopic (exact) mass is 341 g/mol. The molecule has 0 bridgehead atoms. The topological polar surface area (TPSA) is 0 Å². The van der Waals surface area contributed by atoms with Gasteiger partial charge in [0.2, 0.25) is 0 Å². The van der Waals surface area contributed by atoms with Crippen molar-refractivity contribution in [2.24, 2.45) is 0 Å². The predicted octanol–water partition coefficient (Wildman–Crippen LogP) is 5.73. The van der Waals surface area contributed by atoms with Gasteiger partial charge in [0.25, 0.3) is 0 Å². The second-order valence-electron chi connectivity index (χ2n) is 4.13. The third-order valence-corrected chi connectivity index (χ3v) is 10.7. The largest absolute Gasteiger partial charge is 0.147 e. The molecule has 0 fully saturated rings. The van der Waals surface area contributed by atoms with Crippen LogP contribution in [0.1, 0.15) is 46.0 Å². The fourth-order valence-corrected chi connectivity index (χ4v) is 9.78. The van der Waals surface area contributed by atoms with Crippen molar-refractivity contribution in [1.82, 2.24) is 0 Å². The standard InChI is InChI=1S/C5H5.2C4H9.2ClH.Zr/c1-2-4-5-3-1;2*1-3-4-2;;;/h1-3H,4H2;2*1,3-4H2,2H3;2*1H;. The summed E-state index contributed by atoms with van der Waals surface area (Å²) in [5.74, 6) is 0. The van der Waals surface area contributed by atoms with Gasteiger partial charge in [-0.3, -0.25) is 0 Å². The molecule has 16 heavy (non-hydrogen) atoms. The normalized spacial score (nSPS) is 12.8. The summed E-state index contributed by atoms with van der Waals surface area (Å²) >= 11 is -1.11. The van der Waals surface area contributed by atoms with Crippen LogP contribution in [0.5, 0.6) is 0 Å². The van der Waals surface area contributed by atoms with Gasteiger partial charge in [0.15, 0.2) is 0 Å². The first-order valence-corrected chi connectivity index (χ1v) is 10.8. The van der Waals surface area contributed by atoms with E-state index in [4.69, 9.17) is 0 Å². The van der Waals surface area contributed by atoms with Gasteiger partial charge in [0.05, 0.1) is 0 Å². The van der Waals surface area contributed by atoms with E-state index in [2.05, 4.69) is 32.1 Å². The Labute approximate surface area is 121 Å². The molecule has 0 spiro atoms. The van der Waals surface area contributed by atoms with Gasteiger partial charge in [-0.1, -0.05) is 0 Å². The molecule has 0 atom stereocenters. The van der Waals surface area contributed by atoms with E-state index in [9.17, 15) is 0 Å². The van der Waals surface area contributed by atoms with Crippen LogP contribution in [0.4, 0.5) is 0 Å². The van der Waals surface area contributed by atoms with Crippen LogP contribution in [-0.2, 0) is 21.8 Å². The third-order valence-electron chi connectivity index (χ3n) is 2.89. The summed E-state index contributed by atoms with van der Waals surface area (Å²) in [6, 6.07) is 0. The van der Waals surface area contributed by atoms with Gasteiger partial charge in [-0.15, -0.1) is 24.8 Å². The molecule has 1 aliphatic rings. The van der Waals surface area contributed by atoms with E-state index in [-0.39, 0.29) is 24.8 Å². The Kier molecular flexibility index (Phi) is 14.9. The average molecular weight is 343 g/mol. The molecule has 3 heteroatoms. The minimum Gasteiger partial charge on any atom is -0.147 e. The summed E-state index contributed by atoms with van der Waals surface area (Å²) in [4.78, 5) is 0. The van der Waals surface area contributed by atoms with Crippen LogP contribution in [-0.4, -0.2) is 0 Å². The van der Waals surface area contributed by atoms with E-state index in [1.807, 2.05) is 3.28 Å². The molecule has 0 nitrogen and oxygen atoms in total. The second kappa shape index (κ2) is 12.4. The quantitative estimate of drug-likeness (QED) is 0.554.